The average Bonchev–Trinajstić information content (AvgIpc) is 2.79. The molecule has 0 saturated heterocycles. The maximum Gasteiger partial charge on any atom is 0.141 e. The van der Waals surface area contributed by atoms with Gasteiger partial charge in [0.2, 0.25) is 0 Å². The topological polar surface area (TPSA) is 50.9 Å². The van der Waals surface area contributed by atoms with Crippen LogP contribution in [0.1, 0.15) is 13.3 Å². The van der Waals surface area contributed by atoms with E-state index >= 15 is 0 Å². The van der Waals surface area contributed by atoms with E-state index in [4.69, 9.17) is 0 Å². The molecule has 0 aliphatic heterocycles. The van der Waals surface area contributed by atoms with E-state index in [1.807, 2.05) is 18.2 Å². The van der Waals surface area contributed by atoms with Crippen LogP contribution >= 0.6 is 0 Å². The van der Waals surface area contributed by atoms with Crippen molar-refractivity contribution in [3.05, 3.63) is 42.7 Å². The van der Waals surface area contributed by atoms with Crippen LogP contribution in [0, 0.1) is 0 Å². The smallest absolute Gasteiger partial charge is 0.141 e. The number of aromatic hydroxyl groups is 1. The zero-order chi connectivity index (χ0) is 13.2. The largest absolute Gasteiger partial charge is 0.508 e. The zero-order valence-electron chi connectivity index (χ0n) is 10.7. The van der Waals surface area contributed by atoms with E-state index in [0.29, 0.717) is 0 Å². The molecule has 0 bridgehead atoms. The number of imidazole rings is 1. The third-order valence-electron chi connectivity index (χ3n) is 3.12. The predicted octanol–water partition coefficient (Wildman–Crippen LogP) is 3.21. The Morgan fingerprint density at radius 2 is 1.95 bits per heavy atom. The highest BCUT2D eigenvalue weighted by Gasteiger charge is 2.11. The number of benzene rings is 1. The van der Waals surface area contributed by atoms with Crippen LogP contribution in [-0.2, 0) is 6.54 Å². The van der Waals surface area contributed by atoms with Gasteiger partial charge in [0, 0.05) is 18.3 Å². The van der Waals surface area contributed by atoms with E-state index in [0.717, 1.165) is 35.4 Å². The Morgan fingerprint density at radius 3 is 2.68 bits per heavy atom. The van der Waals surface area contributed by atoms with E-state index < -0.39 is 0 Å². The molecular formula is C15H15N3O. The second-order valence-corrected chi connectivity index (χ2v) is 4.50. The van der Waals surface area contributed by atoms with Crippen molar-refractivity contribution < 1.29 is 5.11 Å². The Balaban J connectivity index is 2.21. The van der Waals surface area contributed by atoms with Crippen molar-refractivity contribution in [2.45, 2.75) is 19.9 Å². The molecule has 4 heteroatoms. The minimum atomic E-state index is 0.267. The van der Waals surface area contributed by atoms with Crippen molar-refractivity contribution in [1.82, 2.24) is 14.5 Å². The van der Waals surface area contributed by atoms with E-state index in [1.165, 1.54) is 0 Å². The van der Waals surface area contributed by atoms with Crippen molar-refractivity contribution in [3.8, 4) is 17.1 Å². The molecule has 1 N–H and O–H groups in total. The summed E-state index contributed by atoms with van der Waals surface area (Å²) in [5.74, 6) is 1.19. The first-order valence-electron chi connectivity index (χ1n) is 6.39. The molecule has 4 nitrogen and oxygen atoms in total. The zero-order valence-corrected chi connectivity index (χ0v) is 10.7. The third-order valence-corrected chi connectivity index (χ3v) is 3.12. The summed E-state index contributed by atoms with van der Waals surface area (Å²) in [5, 5.41) is 9.38. The molecule has 96 valence electrons. The van der Waals surface area contributed by atoms with E-state index in [2.05, 4.69) is 21.5 Å². The lowest BCUT2D eigenvalue weighted by Crippen LogP contribution is -1.99. The number of rotatable bonds is 3. The molecule has 0 unspecified atom stereocenters. The normalized spacial score (nSPS) is 11.0. The predicted molar refractivity (Wildman–Crippen MR) is 74.9 cm³/mol. The van der Waals surface area contributed by atoms with Gasteiger partial charge >= 0.3 is 0 Å². The minimum absolute atomic E-state index is 0.267. The lowest BCUT2D eigenvalue weighted by molar-refractivity contribution is 0.475. The molecular weight excluding hydrogens is 238 g/mol. The van der Waals surface area contributed by atoms with Gasteiger partial charge in [-0.3, -0.25) is 4.98 Å². The summed E-state index contributed by atoms with van der Waals surface area (Å²) < 4.78 is 2.20. The van der Waals surface area contributed by atoms with Crippen LogP contribution in [0.25, 0.3) is 22.4 Å². The molecule has 3 aromatic rings. The molecule has 0 saturated carbocycles. The first-order chi connectivity index (χ1) is 9.29. The van der Waals surface area contributed by atoms with Crippen LogP contribution in [0.5, 0.6) is 5.75 Å². The highest BCUT2D eigenvalue weighted by atomic mass is 16.3. The summed E-state index contributed by atoms with van der Waals surface area (Å²) in [6, 6.07) is 9.13. The van der Waals surface area contributed by atoms with Gasteiger partial charge in [0.1, 0.15) is 17.1 Å². The molecule has 0 amide bonds. The highest BCUT2D eigenvalue weighted by molar-refractivity contribution is 5.79. The van der Waals surface area contributed by atoms with Crippen LogP contribution in [0.2, 0.25) is 0 Å². The van der Waals surface area contributed by atoms with Gasteiger partial charge in [-0.15, -0.1) is 0 Å². The summed E-state index contributed by atoms with van der Waals surface area (Å²) in [7, 11) is 0. The van der Waals surface area contributed by atoms with Crippen molar-refractivity contribution >= 4 is 11.0 Å². The summed E-state index contributed by atoms with van der Waals surface area (Å²) in [6.45, 7) is 3.06. The first kappa shape index (κ1) is 11.7. The lowest BCUT2D eigenvalue weighted by atomic mass is 10.2. The highest BCUT2D eigenvalue weighted by Crippen LogP contribution is 2.25. The number of nitrogens with zero attached hydrogens (tertiary/aromatic N) is 3. The summed E-state index contributed by atoms with van der Waals surface area (Å²) in [5.41, 5.74) is 3.00. The van der Waals surface area contributed by atoms with Crippen LogP contribution in [0.3, 0.4) is 0 Å². The van der Waals surface area contributed by atoms with Gasteiger partial charge in [-0.05, 0) is 36.8 Å². The second kappa shape index (κ2) is 4.72. The Bertz CT molecular complexity index is 701. The van der Waals surface area contributed by atoms with Gasteiger partial charge in [-0.25, -0.2) is 4.98 Å². The monoisotopic (exact) mass is 253 g/mol. The molecule has 0 aliphatic rings. The van der Waals surface area contributed by atoms with Gasteiger partial charge in [0.25, 0.3) is 0 Å². The lowest BCUT2D eigenvalue weighted by Gasteiger charge is -2.07. The molecule has 3 rings (SSSR count). The van der Waals surface area contributed by atoms with E-state index in [9.17, 15) is 5.11 Å². The number of hydrogen-bond donors (Lipinski definition) is 1. The van der Waals surface area contributed by atoms with Crippen LogP contribution in [0.4, 0.5) is 0 Å². The standard InChI is InChI=1S/C15H15N3O/c1-2-9-18-14-7-8-16-10-13(14)17-15(18)11-3-5-12(19)6-4-11/h3-8,10,19H,2,9H2,1H3. The Hall–Kier alpha value is -2.36. The molecule has 0 atom stereocenters. The van der Waals surface area contributed by atoms with Gasteiger partial charge in [0.15, 0.2) is 0 Å². The molecule has 0 fully saturated rings. The van der Waals surface area contributed by atoms with Crippen LogP contribution in [0.15, 0.2) is 42.7 Å². The van der Waals surface area contributed by atoms with Gasteiger partial charge in [-0.1, -0.05) is 6.92 Å². The van der Waals surface area contributed by atoms with Gasteiger partial charge in [0.05, 0.1) is 11.7 Å². The van der Waals surface area contributed by atoms with E-state index in [1.54, 1.807) is 24.5 Å². The van der Waals surface area contributed by atoms with Crippen molar-refractivity contribution in [3.63, 3.8) is 0 Å². The first-order valence-corrected chi connectivity index (χ1v) is 6.39. The third kappa shape index (κ3) is 2.05. The van der Waals surface area contributed by atoms with Crippen molar-refractivity contribution in [1.29, 1.82) is 0 Å². The molecule has 0 radical (unpaired) electrons. The van der Waals surface area contributed by atoms with E-state index in [-0.39, 0.29) is 5.75 Å². The molecule has 2 heterocycles. The maximum absolute atomic E-state index is 9.38. The fourth-order valence-corrected chi connectivity index (χ4v) is 2.26. The fourth-order valence-electron chi connectivity index (χ4n) is 2.26. The minimum Gasteiger partial charge on any atom is -0.508 e. The van der Waals surface area contributed by atoms with Crippen molar-refractivity contribution in [2.75, 3.05) is 0 Å². The molecule has 0 spiro atoms. The Kier molecular flexibility index (Phi) is 2.91. The second-order valence-electron chi connectivity index (χ2n) is 4.50. The molecule has 0 aliphatic carbocycles. The number of phenolic OH excluding ortho intramolecular Hbond substituents is 1. The SMILES string of the molecule is CCCn1c(-c2ccc(O)cc2)nc2cnccc21. The summed E-state index contributed by atoms with van der Waals surface area (Å²) >= 11 is 0. The Morgan fingerprint density at radius 1 is 1.16 bits per heavy atom. The number of aromatic nitrogens is 3. The van der Waals surface area contributed by atoms with Crippen LogP contribution < -0.4 is 0 Å². The number of hydrogen-bond acceptors (Lipinski definition) is 3. The Labute approximate surface area is 111 Å². The number of aryl methyl sites for hydroxylation is 1. The maximum atomic E-state index is 9.38. The van der Waals surface area contributed by atoms with Gasteiger partial charge < -0.3 is 9.67 Å². The fraction of sp³-hybridized carbons (Fsp3) is 0.200. The summed E-state index contributed by atoms with van der Waals surface area (Å²) in [4.78, 5) is 8.77. The number of pyridine rings is 1. The molecule has 2 aromatic heterocycles. The summed E-state index contributed by atoms with van der Waals surface area (Å²) in [6.07, 6.45) is 4.61. The average molecular weight is 253 g/mol. The number of phenols is 1. The number of fused-ring (bicyclic) bond motifs is 1. The quantitative estimate of drug-likeness (QED) is 0.779. The van der Waals surface area contributed by atoms with Gasteiger partial charge in [-0.2, -0.15) is 0 Å². The van der Waals surface area contributed by atoms with Crippen LogP contribution in [-0.4, -0.2) is 19.6 Å². The van der Waals surface area contributed by atoms with Crippen molar-refractivity contribution in [2.24, 2.45) is 0 Å². The molecule has 1 aromatic carbocycles. The molecule has 19 heavy (non-hydrogen) atoms.